The molecule has 0 spiro atoms. The molecule has 3 rings (SSSR count). The number of anilines is 1. The first kappa shape index (κ1) is 14.0. The quantitative estimate of drug-likeness (QED) is 0.872. The van der Waals surface area contributed by atoms with Crippen LogP contribution in [-0.4, -0.2) is 36.7 Å². The van der Waals surface area contributed by atoms with E-state index in [2.05, 4.69) is 15.6 Å². The Balaban J connectivity index is 1.64. The molecule has 0 bridgehead atoms. The zero-order valence-corrected chi connectivity index (χ0v) is 12.4. The van der Waals surface area contributed by atoms with Gasteiger partial charge in [0.1, 0.15) is 6.10 Å². The Morgan fingerprint density at radius 2 is 2.15 bits per heavy atom. The first-order valence-electron chi connectivity index (χ1n) is 7.45. The summed E-state index contributed by atoms with van der Waals surface area (Å²) in [6, 6.07) is 0. The van der Waals surface area contributed by atoms with Gasteiger partial charge in [-0.25, -0.2) is 4.98 Å². The van der Waals surface area contributed by atoms with Gasteiger partial charge in [0.25, 0.3) is 5.91 Å². The number of aryl methyl sites for hydroxylation is 2. The monoisotopic (exact) mass is 295 g/mol. The summed E-state index contributed by atoms with van der Waals surface area (Å²) in [6.45, 7) is 1.98. The number of carbonyl (C=O) groups is 1. The van der Waals surface area contributed by atoms with Crippen LogP contribution in [0.2, 0.25) is 0 Å². The molecule has 0 saturated carbocycles. The van der Waals surface area contributed by atoms with Gasteiger partial charge in [-0.15, -0.1) is 11.3 Å². The van der Waals surface area contributed by atoms with Crippen LogP contribution in [0.3, 0.4) is 0 Å². The molecule has 6 heteroatoms. The zero-order chi connectivity index (χ0) is 13.8. The number of carbonyl (C=O) groups excluding carboxylic acids is 1. The summed E-state index contributed by atoms with van der Waals surface area (Å²) in [5.74, 6) is -0.0843. The van der Waals surface area contributed by atoms with Crippen molar-refractivity contribution in [2.45, 2.75) is 44.6 Å². The van der Waals surface area contributed by atoms with Gasteiger partial charge in [0.15, 0.2) is 5.13 Å². The lowest BCUT2D eigenvalue weighted by Crippen LogP contribution is -2.45. The number of aromatic nitrogens is 1. The molecule has 1 unspecified atom stereocenters. The van der Waals surface area contributed by atoms with Crippen LogP contribution in [0.5, 0.6) is 0 Å². The second-order valence-corrected chi connectivity index (χ2v) is 6.44. The van der Waals surface area contributed by atoms with Gasteiger partial charge in [-0.1, -0.05) is 12.8 Å². The third kappa shape index (κ3) is 3.37. The number of thiazole rings is 1. The highest BCUT2D eigenvalue weighted by Crippen LogP contribution is 2.28. The van der Waals surface area contributed by atoms with Crippen LogP contribution in [0, 0.1) is 0 Å². The standard InChI is InChI=1S/C14H21N3O2S/c18-13(11-9-15-7-8-19-11)17-14-16-10-5-3-1-2-4-6-12(10)20-14/h11,15H,1-9H2,(H,16,17,18). The molecular formula is C14H21N3O2S. The van der Waals surface area contributed by atoms with Crippen molar-refractivity contribution in [1.29, 1.82) is 0 Å². The van der Waals surface area contributed by atoms with E-state index in [0.717, 1.165) is 24.5 Å². The Hall–Kier alpha value is -0.980. The Kier molecular flexibility index (Phi) is 4.65. The molecule has 110 valence electrons. The van der Waals surface area contributed by atoms with E-state index < -0.39 is 6.10 Å². The average molecular weight is 295 g/mol. The van der Waals surface area contributed by atoms with Crippen molar-refractivity contribution in [2.24, 2.45) is 0 Å². The van der Waals surface area contributed by atoms with E-state index in [1.165, 1.54) is 36.3 Å². The third-order valence-electron chi connectivity index (χ3n) is 3.80. The van der Waals surface area contributed by atoms with Crippen molar-refractivity contribution < 1.29 is 9.53 Å². The van der Waals surface area contributed by atoms with Gasteiger partial charge < -0.3 is 10.1 Å². The van der Waals surface area contributed by atoms with Crippen molar-refractivity contribution in [1.82, 2.24) is 10.3 Å². The number of ether oxygens (including phenoxy) is 1. The molecule has 0 radical (unpaired) electrons. The van der Waals surface area contributed by atoms with Gasteiger partial charge in [0, 0.05) is 18.0 Å². The van der Waals surface area contributed by atoms with Gasteiger partial charge >= 0.3 is 0 Å². The Bertz CT molecular complexity index is 443. The van der Waals surface area contributed by atoms with E-state index in [1.54, 1.807) is 11.3 Å². The van der Waals surface area contributed by atoms with Crippen LogP contribution in [0.15, 0.2) is 0 Å². The molecule has 1 aliphatic carbocycles. The minimum Gasteiger partial charge on any atom is -0.366 e. The predicted octanol–water partition coefficient (Wildman–Crippen LogP) is 1.73. The maximum Gasteiger partial charge on any atom is 0.256 e. The molecule has 5 nitrogen and oxygen atoms in total. The molecule has 20 heavy (non-hydrogen) atoms. The fourth-order valence-electron chi connectivity index (χ4n) is 2.68. The molecule has 2 aliphatic rings. The van der Waals surface area contributed by atoms with Crippen LogP contribution >= 0.6 is 11.3 Å². The highest BCUT2D eigenvalue weighted by molar-refractivity contribution is 7.15. The maximum absolute atomic E-state index is 12.1. The number of nitrogens with zero attached hydrogens (tertiary/aromatic N) is 1. The minimum absolute atomic E-state index is 0.0843. The normalized spacial score (nSPS) is 23.5. The van der Waals surface area contributed by atoms with Crippen LogP contribution in [0.4, 0.5) is 5.13 Å². The smallest absolute Gasteiger partial charge is 0.256 e. The Labute approximate surface area is 123 Å². The van der Waals surface area contributed by atoms with Crippen molar-refractivity contribution in [3.8, 4) is 0 Å². The van der Waals surface area contributed by atoms with Crippen molar-refractivity contribution >= 4 is 22.4 Å². The lowest BCUT2D eigenvalue weighted by atomic mass is 10.0. The summed E-state index contributed by atoms with van der Waals surface area (Å²) < 4.78 is 5.46. The van der Waals surface area contributed by atoms with E-state index >= 15 is 0 Å². The maximum atomic E-state index is 12.1. The van der Waals surface area contributed by atoms with Gasteiger partial charge in [0.2, 0.25) is 0 Å². The summed E-state index contributed by atoms with van der Waals surface area (Å²) in [6.07, 6.45) is 6.79. The molecule has 1 aromatic rings. The second-order valence-electron chi connectivity index (χ2n) is 5.36. The summed E-state index contributed by atoms with van der Waals surface area (Å²) in [4.78, 5) is 18.1. The molecule has 1 aliphatic heterocycles. The number of amides is 1. The highest BCUT2D eigenvalue weighted by atomic mass is 32.1. The molecule has 2 heterocycles. The molecule has 1 atom stereocenters. The summed E-state index contributed by atoms with van der Waals surface area (Å²) in [5, 5.41) is 6.81. The summed E-state index contributed by atoms with van der Waals surface area (Å²) in [7, 11) is 0. The number of nitrogens with one attached hydrogen (secondary N) is 2. The lowest BCUT2D eigenvalue weighted by molar-refractivity contribution is -0.128. The Morgan fingerprint density at radius 3 is 2.95 bits per heavy atom. The van der Waals surface area contributed by atoms with E-state index in [-0.39, 0.29) is 5.91 Å². The van der Waals surface area contributed by atoms with Gasteiger partial charge in [-0.2, -0.15) is 0 Å². The first-order chi connectivity index (χ1) is 9.83. The van der Waals surface area contributed by atoms with Gasteiger partial charge in [-0.05, 0) is 25.7 Å². The van der Waals surface area contributed by atoms with Gasteiger partial charge in [0.05, 0.1) is 12.3 Å². The highest BCUT2D eigenvalue weighted by Gasteiger charge is 2.23. The van der Waals surface area contributed by atoms with Crippen LogP contribution in [0.25, 0.3) is 0 Å². The number of rotatable bonds is 2. The first-order valence-corrected chi connectivity index (χ1v) is 8.26. The Morgan fingerprint density at radius 1 is 1.30 bits per heavy atom. The van der Waals surface area contributed by atoms with Crippen molar-refractivity contribution in [3.63, 3.8) is 0 Å². The second kappa shape index (κ2) is 6.65. The van der Waals surface area contributed by atoms with Crippen molar-refractivity contribution in [2.75, 3.05) is 25.0 Å². The topological polar surface area (TPSA) is 63.2 Å². The van der Waals surface area contributed by atoms with E-state index in [1.807, 2.05) is 0 Å². The van der Waals surface area contributed by atoms with Gasteiger partial charge in [-0.3, -0.25) is 10.1 Å². The minimum atomic E-state index is -0.393. The predicted molar refractivity (Wildman–Crippen MR) is 79.2 cm³/mol. The van der Waals surface area contributed by atoms with Crippen LogP contribution < -0.4 is 10.6 Å². The number of hydrogen-bond donors (Lipinski definition) is 2. The fourth-order valence-corrected chi connectivity index (χ4v) is 3.73. The van der Waals surface area contributed by atoms with Crippen molar-refractivity contribution in [3.05, 3.63) is 10.6 Å². The molecule has 1 fully saturated rings. The number of hydrogen-bond acceptors (Lipinski definition) is 5. The SMILES string of the molecule is O=C(Nc1nc2c(s1)CCCCCC2)C1CNCCO1. The molecule has 1 aromatic heterocycles. The molecule has 2 N–H and O–H groups in total. The van der Waals surface area contributed by atoms with E-state index in [4.69, 9.17) is 4.74 Å². The molecule has 0 aromatic carbocycles. The lowest BCUT2D eigenvalue weighted by Gasteiger charge is -2.22. The third-order valence-corrected chi connectivity index (χ3v) is 4.87. The van der Waals surface area contributed by atoms with E-state index in [0.29, 0.717) is 13.2 Å². The fraction of sp³-hybridized carbons (Fsp3) is 0.714. The van der Waals surface area contributed by atoms with E-state index in [9.17, 15) is 4.79 Å². The zero-order valence-electron chi connectivity index (χ0n) is 11.6. The molecule has 1 saturated heterocycles. The number of fused-ring (bicyclic) bond motifs is 1. The molecular weight excluding hydrogens is 274 g/mol. The van der Waals surface area contributed by atoms with Crippen LogP contribution in [0.1, 0.15) is 36.3 Å². The summed E-state index contributed by atoms with van der Waals surface area (Å²) >= 11 is 1.63. The largest absolute Gasteiger partial charge is 0.366 e. The average Bonchev–Trinajstić information content (AvgIpc) is 2.81. The summed E-state index contributed by atoms with van der Waals surface area (Å²) in [5.41, 5.74) is 1.19. The van der Waals surface area contributed by atoms with Crippen LogP contribution in [-0.2, 0) is 22.4 Å². The molecule has 1 amide bonds. The number of morpholine rings is 1.